The average Bonchev–Trinajstić information content (AvgIpc) is 2.50. The summed E-state index contributed by atoms with van der Waals surface area (Å²) in [4.78, 5) is 2.34. The van der Waals surface area contributed by atoms with Crippen LogP contribution in [0.15, 0.2) is 36.4 Å². The van der Waals surface area contributed by atoms with Crippen molar-refractivity contribution >= 4 is 17.7 Å². The van der Waals surface area contributed by atoms with Crippen molar-refractivity contribution in [3.8, 4) is 0 Å². The first-order valence-electron chi connectivity index (χ1n) is 9.01. The lowest BCUT2D eigenvalue weighted by Crippen LogP contribution is -2.31. The summed E-state index contributed by atoms with van der Waals surface area (Å²) in [5, 5.41) is 0. The number of benzene rings is 2. The van der Waals surface area contributed by atoms with Crippen LogP contribution in [0.1, 0.15) is 41.5 Å². The van der Waals surface area contributed by atoms with Crippen molar-refractivity contribution < 1.29 is 4.58 Å². The van der Waals surface area contributed by atoms with Gasteiger partial charge in [-0.15, -0.1) is 0 Å². The van der Waals surface area contributed by atoms with Crippen molar-refractivity contribution in [3.63, 3.8) is 0 Å². The van der Waals surface area contributed by atoms with E-state index < -0.39 is 0 Å². The highest BCUT2D eigenvalue weighted by Gasteiger charge is 2.15. The fourth-order valence-electron chi connectivity index (χ4n) is 3.75. The Morgan fingerprint density at radius 2 is 1.38 bits per heavy atom. The molecule has 0 radical (unpaired) electrons. The Morgan fingerprint density at radius 1 is 0.792 bits per heavy atom. The van der Waals surface area contributed by atoms with Gasteiger partial charge in [-0.3, -0.25) is 0 Å². The van der Waals surface area contributed by atoms with Crippen LogP contribution >= 0.6 is 0 Å². The molecule has 0 unspecified atom stereocenters. The SMILES string of the molecule is Cc1cccc(C)c1N1[C-]=[N+](c2c(C)cccc2C)CCCCC1. The molecule has 2 aromatic rings. The van der Waals surface area contributed by atoms with E-state index in [1.807, 2.05) is 0 Å². The van der Waals surface area contributed by atoms with Crippen molar-refractivity contribution in [2.24, 2.45) is 0 Å². The summed E-state index contributed by atoms with van der Waals surface area (Å²) in [5.41, 5.74) is 7.93. The van der Waals surface area contributed by atoms with Gasteiger partial charge in [-0.05, 0) is 47.0 Å². The summed E-state index contributed by atoms with van der Waals surface area (Å²) in [7, 11) is 0. The molecule has 126 valence electrons. The molecule has 0 N–H and O–H groups in total. The summed E-state index contributed by atoms with van der Waals surface area (Å²) in [6.07, 6.45) is 7.43. The minimum Gasteiger partial charge on any atom is -0.337 e. The van der Waals surface area contributed by atoms with E-state index in [9.17, 15) is 0 Å². The standard InChI is InChI=1S/C22H28N2/c1-17-10-8-11-18(2)21(17)23-14-6-5-7-15-24(16-23)22-19(3)12-9-13-20(22)4/h8-13H,5-7,14-15H2,1-4H3. The third-order valence-electron chi connectivity index (χ3n) is 4.92. The monoisotopic (exact) mass is 320 g/mol. The highest BCUT2D eigenvalue weighted by Crippen LogP contribution is 2.27. The molecule has 1 aliphatic rings. The number of nitrogens with zero attached hydrogens (tertiary/aromatic N) is 2. The van der Waals surface area contributed by atoms with Crippen LogP contribution in [0.5, 0.6) is 0 Å². The molecule has 0 atom stereocenters. The predicted octanol–water partition coefficient (Wildman–Crippen LogP) is 5.16. The van der Waals surface area contributed by atoms with Crippen molar-refractivity contribution in [1.29, 1.82) is 0 Å². The van der Waals surface area contributed by atoms with Gasteiger partial charge >= 0.3 is 0 Å². The van der Waals surface area contributed by atoms with E-state index in [4.69, 9.17) is 0 Å². The molecular formula is C22H28N2. The van der Waals surface area contributed by atoms with Crippen LogP contribution in [-0.2, 0) is 0 Å². The second kappa shape index (κ2) is 7.21. The Hall–Kier alpha value is -2.09. The molecule has 2 nitrogen and oxygen atoms in total. The molecule has 0 saturated heterocycles. The van der Waals surface area contributed by atoms with Gasteiger partial charge < -0.3 is 9.48 Å². The predicted molar refractivity (Wildman–Crippen MR) is 103 cm³/mol. The minimum atomic E-state index is 1.03. The molecule has 0 bridgehead atoms. The topological polar surface area (TPSA) is 6.25 Å². The number of para-hydroxylation sites is 2. The number of hydrogen-bond donors (Lipinski definition) is 0. The molecule has 1 aliphatic heterocycles. The fourth-order valence-corrected chi connectivity index (χ4v) is 3.75. The molecule has 3 rings (SSSR count). The zero-order chi connectivity index (χ0) is 17.1. The molecule has 0 spiro atoms. The Labute approximate surface area is 146 Å². The Bertz CT molecular complexity index is 718. The van der Waals surface area contributed by atoms with Crippen LogP contribution in [0.3, 0.4) is 0 Å². The zero-order valence-corrected chi connectivity index (χ0v) is 15.4. The smallest absolute Gasteiger partial charge is 0.206 e. The highest BCUT2D eigenvalue weighted by atomic mass is 15.2. The van der Waals surface area contributed by atoms with Gasteiger partial charge in [0.25, 0.3) is 0 Å². The Morgan fingerprint density at radius 3 is 2.00 bits per heavy atom. The third kappa shape index (κ3) is 3.38. The molecule has 0 fully saturated rings. The maximum atomic E-state index is 3.72. The normalized spacial score (nSPS) is 15.7. The summed E-state index contributed by atoms with van der Waals surface area (Å²) in [6.45, 7) is 10.9. The van der Waals surface area contributed by atoms with E-state index in [1.54, 1.807) is 0 Å². The quantitative estimate of drug-likeness (QED) is 0.547. The van der Waals surface area contributed by atoms with Crippen molar-refractivity contribution in [1.82, 2.24) is 0 Å². The first kappa shape index (κ1) is 16.8. The third-order valence-corrected chi connectivity index (χ3v) is 4.92. The zero-order valence-electron chi connectivity index (χ0n) is 15.4. The number of hydrogen-bond acceptors (Lipinski definition) is 1. The summed E-state index contributed by atoms with van der Waals surface area (Å²) in [6, 6.07) is 13.1. The largest absolute Gasteiger partial charge is 0.337 e. The molecule has 0 saturated carbocycles. The van der Waals surface area contributed by atoms with Crippen LogP contribution in [0, 0.1) is 27.7 Å². The Balaban J connectivity index is 2.11. The van der Waals surface area contributed by atoms with E-state index in [-0.39, 0.29) is 0 Å². The van der Waals surface area contributed by atoms with Gasteiger partial charge in [0, 0.05) is 11.4 Å². The van der Waals surface area contributed by atoms with Crippen LogP contribution < -0.4 is 4.90 Å². The molecular weight excluding hydrogens is 292 g/mol. The van der Waals surface area contributed by atoms with Gasteiger partial charge in [0.05, 0.1) is 13.1 Å². The van der Waals surface area contributed by atoms with Crippen LogP contribution in [-0.4, -0.2) is 24.0 Å². The fraction of sp³-hybridized carbons (Fsp3) is 0.409. The number of rotatable bonds is 2. The molecule has 2 heteroatoms. The summed E-state index contributed by atoms with van der Waals surface area (Å²) in [5.74, 6) is 0. The first-order valence-corrected chi connectivity index (χ1v) is 9.01. The lowest BCUT2D eigenvalue weighted by molar-refractivity contribution is -0.439. The van der Waals surface area contributed by atoms with Gasteiger partial charge in [-0.1, -0.05) is 58.7 Å². The van der Waals surface area contributed by atoms with Crippen LogP contribution in [0.25, 0.3) is 0 Å². The molecule has 24 heavy (non-hydrogen) atoms. The van der Waals surface area contributed by atoms with Gasteiger partial charge in [-0.25, -0.2) is 0 Å². The lowest BCUT2D eigenvalue weighted by atomic mass is 10.1. The van der Waals surface area contributed by atoms with Crippen LogP contribution in [0.4, 0.5) is 11.4 Å². The van der Waals surface area contributed by atoms with E-state index >= 15 is 0 Å². The second-order valence-corrected chi connectivity index (χ2v) is 6.94. The minimum absolute atomic E-state index is 1.03. The molecule has 0 aliphatic carbocycles. The van der Waals surface area contributed by atoms with E-state index in [0.717, 1.165) is 13.1 Å². The molecule has 2 aromatic carbocycles. The lowest BCUT2D eigenvalue weighted by Gasteiger charge is -2.29. The van der Waals surface area contributed by atoms with Gasteiger partial charge in [0.15, 0.2) is 0 Å². The van der Waals surface area contributed by atoms with Gasteiger partial charge in [0.2, 0.25) is 6.34 Å². The van der Waals surface area contributed by atoms with Crippen molar-refractivity contribution in [3.05, 3.63) is 58.7 Å². The van der Waals surface area contributed by atoms with E-state index in [2.05, 4.69) is 79.9 Å². The highest BCUT2D eigenvalue weighted by molar-refractivity contribution is 5.80. The maximum Gasteiger partial charge on any atom is 0.206 e. The van der Waals surface area contributed by atoms with Crippen molar-refractivity contribution in [2.75, 3.05) is 18.0 Å². The second-order valence-electron chi connectivity index (χ2n) is 6.94. The summed E-state index contributed by atoms with van der Waals surface area (Å²) < 4.78 is 2.34. The number of aryl methyl sites for hydroxylation is 4. The average molecular weight is 320 g/mol. The molecule has 0 aromatic heterocycles. The van der Waals surface area contributed by atoms with E-state index in [0.29, 0.717) is 0 Å². The summed E-state index contributed by atoms with van der Waals surface area (Å²) >= 11 is 0. The van der Waals surface area contributed by atoms with E-state index in [1.165, 1.54) is 52.9 Å². The van der Waals surface area contributed by atoms with Crippen LogP contribution in [0.2, 0.25) is 0 Å². The Kier molecular flexibility index (Phi) is 5.03. The van der Waals surface area contributed by atoms with Gasteiger partial charge in [0.1, 0.15) is 0 Å². The maximum absolute atomic E-state index is 3.72. The number of anilines is 1. The van der Waals surface area contributed by atoms with Crippen molar-refractivity contribution in [2.45, 2.75) is 47.0 Å². The van der Waals surface area contributed by atoms with Gasteiger partial charge in [-0.2, -0.15) is 0 Å². The molecule has 0 amide bonds. The molecule has 1 heterocycles. The first-order chi connectivity index (χ1) is 11.6.